The van der Waals surface area contributed by atoms with E-state index in [2.05, 4.69) is 82.3 Å². The molecule has 3 heterocycles. The summed E-state index contributed by atoms with van der Waals surface area (Å²) in [5.41, 5.74) is 4.56. The Kier molecular flexibility index (Phi) is 6.16. The van der Waals surface area contributed by atoms with Crippen LogP contribution in [0.15, 0.2) is 67.0 Å². The Morgan fingerprint density at radius 3 is 2.57 bits per heavy atom. The summed E-state index contributed by atoms with van der Waals surface area (Å²) in [6, 6.07) is 18.9. The van der Waals surface area contributed by atoms with Crippen LogP contribution in [0.4, 0.5) is 5.69 Å². The number of benzene rings is 1. The van der Waals surface area contributed by atoms with Crippen LogP contribution in [-0.4, -0.2) is 28.4 Å². The van der Waals surface area contributed by atoms with E-state index in [1.807, 2.05) is 18.3 Å². The number of anilines is 1. The molecule has 3 aromatic rings. The summed E-state index contributed by atoms with van der Waals surface area (Å²) < 4.78 is 7.57. The van der Waals surface area contributed by atoms with Gasteiger partial charge < -0.3 is 19.5 Å². The minimum absolute atomic E-state index is 0.0100. The molecule has 1 aliphatic rings. The highest BCUT2D eigenvalue weighted by atomic mass is 32.1. The van der Waals surface area contributed by atoms with Gasteiger partial charge in [0.1, 0.15) is 6.04 Å². The van der Waals surface area contributed by atoms with E-state index < -0.39 is 0 Å². The monoisotopic (exact) mass is 420 g/mol. The summed E-state index contributed by atoms with van der Waals surface area (Å²) in [5.74, 6) is 0.492. The predicted molar refractivity (Wildman–Crippen MR) is 125 cm³/mol. The third-order valence-corrected chi connectivity index (χ3v) is 5.95. The first-order valence-electron chi connectivity index (χ1n) is 10.3. The molecule has 1 N–H and O–H groups in total. The highest BCUT2D eigenvalue weighted by Gasteiger charge is 2.41. The number of aromatic nitrogens is 2. The van der Waals surface area contributed by atoms with Crippen LogP contribution in [0, 0.1) is 0 Å². The number of hydrogen-bond acceptors (Lipinski definition) is 3. The van der Waals surface area contributed by atoms with Gasteiger partial charge in [-0.25, -0.2) is 0 Å². The molecule has 5 nitrogen and oxygen atoms in total. The number of hydrogen-bond donors (Lipinski definition) is 1. The number of nitrogens with zero attached hydrogens (tertiary/aromatic N) is 3. The standard InChI is InChI=1S/C24H28N4OS/c1-17(2)18-9-11-19(12-10-18)28-23(21-8-6-14-27(21)15-16-29-3)22(26-24(28)30)20-7-4-5-13-25-20/h4-14,17,22-23H,15-16H2,1-3H3,(H,26,30)/t22-,23+/m0/s1. The molecule has 0 amide bonds. The summed E-state index contributed by atoms with van der Waals surface area (Å²) in [6.45, 7) is 5.86. The Labute approximate surface area is 183 Å². The lowest BCUT2D eigenvalue weighted by molar-refractivity contribution is 0.186. The maximum absolute atomic E-state index is 5.82. The van der Waals surface area contributed by atoms with E-state index in [0.29, 0.717) is 17.6 Å². The molecular weight excluding hydrogens is 392 g/mol. The number of thiocarbonyl (C=S) groups is 1. The van der Waals surface area contributed by atoms with Crippen LogP contribution in [0.1, 0.15) is 48.8 Å². The fourth-order valence-corrected chi connectivity index (χ4v) is 4.39. The zero-order chi connectivity index (χ0) is 21.1. The van der Waals surface area contributed by atoms with E-state index in [9.17, 15) is 0 Å². The summed E-state index contributed by atoms with van der Waals surface area (Å²) in [7, 11) is 1.73. The minimum atomic E-state index is -0.0420. The number of rotatable bonds is 7. The van der Waals surface area contributed by atoms with Crippen LogP contribution >= 0.6 is 12.2 Å². The molecule has 2 aromatic heterocycles. The van der Waals surface area contributed by atoms with E-state index in [0.717, 1.165) is 17.9 Å². The maximum Gasteiger partial charge on any atom is 0.174 e. The smallest absolute Gasteiger partial charge is 0.174 e. The molecule has 1 aromatic carbocycles. The van der Waals surface area contributed by atoms with Crippen molar-refractivity contribution in [3.63, 3.8) is 0 Å². The lowest BCUT2D eigenvalue weighted by Crippen LogP contribution is -2.30. The van der Waals surface area contributed by atoms with Crippen LogP contribution in [0.25, 0.3) is 0 Å². The molecule has 0 spiro atoms. The molecule has 156 valence electrons. The van der Waals surface area contributed by atoms with Crippen molar-refractivity contribution in [3.8, 4) is 0 Å². The van der Waals surface area contributed by atoms with E-state index in [1.54, 1.807) is 7.11 Å². The Morgan fingerprint density at radius 2 is 1.90 bits per heavy atom. The highest BCUT2D eigenvalue weighted by molar-refractivity contribution is 7.80. The number of nitrogens with one attached hydrogen (secondary N) is 1. The van der Waals surface area contributed by atoms with Gasteiger partial charge >= 0.3 is 0 Å². The average molecular weight is 421 g/mol. The van der Waals surface area contributed by atoms with Gasteiger partial charge in [0, 0.05) is 37.4 Å². The van der Waals surface area contributed by atoms with Gasteiger partial charge in [-0.2, -0.15) is 0 Å². The zero-order valence-corrected chi connectivity index (χ0v) is 18.5. The minimum Gasteiger partial charge on any atom is -0.383 e. The van der Waals surface area contributed by atoms with Gasteiger partial charge in [0.05, 0.1) is 18.3 Å². The fraction of sp³-hybridized carbons (Fsp3) is 0.333. The maximum atomic E-state index is 5.82. The molecule has 30 heavy (non-hydrogen) atoms. The van der Waals surface area contributed by atoms with Crippen LogP contribution < -0.4 is 10.2 Å². The second-order valence-electron chi connectivity index (χ2n) is 7.86. The lowest BCUT2D eigenvalue weighted by Gasteiger charge is -2.29. The Bertz CT molecular complexity index is 984. The predicted octanol–water partition coefficient (Wildman–Crippen LogP) is 4.83. The topological polar surface area (TPSA) is 42.3 Å². The van der Waals surface area contributed by atoms with Gasteiger partial charge in [-0.1, -0.05) is 32.0 Å². The normalized spacial score (nSPS) is 18.8. The molecular formula is C24H28N4OS. The molecule has 1 saturated heterocycles. The van der Waals surface area contributed by atoms with Crippen LogP contribution in [0.5, 0.6) is 0 Å². The number of pyridine rings is 1. The van der Waals surface area contributed by atoms with Crippen molar-refractivity contribution in [2.75, 3.05) is 18.6 Å². The average Bonchev–Trinajstić information content (AvgIpc) is 3.36. The van der Waals surface area contributed by atoms with E-state index >= 15 is 0 Å². The van der Waals surface area contributed by atoms with Crippen LogP contribution in [0.3, 0.4) is 0 Å². The number of ether oxygens (including phenoxy) is 1. The molecule has 0 saturated carbocycles. The van der Waals surface area contributed by atoms with Crippen molar-refractivity contribution in [2.24, 2.45) is 0 Å². The van der Waals surface area contributed by atoms with E-state index in [4.69, 9.17) is 17.0 Å². The van der Waals surface area contributed by atoms with Gasteiger partial charge in [0.25, 0.3) is 0 Å². The Morgan fingerprint density at radius 1 is 1.10 bits per heavy atom. The van der Waals surface area contributed by atoms with E-state index in [-0.39, 0.29) is 12.1 Å². The molecule has 1 fully saturated rings. The van der Waals surface area contributed by atoms with Crippen molar-refractivity contribution >= 4 is 23.0 Å². The quantitative estimate of drug-likeness (QED) is 0.555. The van der Waals surface area contributed by atoms with Crippen molar-refractivity contribution in [1.82, 2.24) is 14.9 Å². The summed E-state index contributed by atoms with van der Waals surface area (Å²) in [4.78, 5) is 6.85. The highest BCUT2D eigenvalue weighted by Crippen LogP contribution is 2.41. The molecule has 0 bridgehead atoms. The Hall–Kier alpha value is -2.70. The SMILES string of the molecule is COCCn1cccc1[C@@H]1[C@H](c2ccccn2)NC(=S)N1c1ccc(C(C)C)cc1. The van der Waals surface area contributed by atoms with Crippen molar-refractivity contribution in [1.29, 1.82) is 0 Å². The van der Waals surface area contributed by atoms with Gasteiger partial charge in [-0.15, -0.1) is 0 Å². The molecule has 0 unspecified atom stereocenters. The molecule has 6 heteroatoms. The van der Waals surface area contributed by atoms with Crippen molar-refractivity contribution < 1.29 is 4.74 Å². The molecule has 4 rings (SSSR count). The summed E-state index contributed by atoms with van der Waals surface area (Å²) >= 11 is 5.82. The van der Waals surface area contributed by atoms with Gasteiger partial charge in [0.2, 0.25) is 0 Å². The van der Waals surface area contributed by atoms with Gasteiger partial charge in [0.15, 0.2) is 5.11 Å². The second-order valence-corrected chi connectivity index (χ2v) is 8.25. The lowest BCUT2D eigenvalue weighted by atomic mass is 9.99. The first-order chi connectivity index (χ1) is 14.6. The van der Waals surface area contributed by atoms with Crippen molar-refractivity contribution in [2.45, 2.75) is 38.4 Å². The first kappa shape index (κ1) is 20.6. The van der Waals surface area contributed by atoms with Crippen molar-refractivity contribution in [3.05, 3.63) is 83.9 Å². The number of methoxy groups -OCH3 is 1. The van der Waals surface area contributed by atoms with Gasteiger partial charge in [-0.3, -0.25) is 4.98 Å². The molecule has 2 atom stereocenters. The van der Waals surface area contributed by atoms with Crippen LogP contribution in [0.2, 0.25) is 0 Å². The molecule has 1 aliphatic heterocycles. The summed E-state index contributed by atoms with van der Waals surface area (Å²) in [6.07, 6.45) is 3.94. The largest absolute Gasteiger partial charge is 0.383 e. The fourth-order valence-electron chi connectivity index (χ4n) is 4.04. The summed E-state index contributed by atoms with van der Waals surface area (Å²) in [5, 5.41) is 4.24. The Balaban J connectivity index is 1.78. The second kappa shape index (κ2) is 8.98. The first-order valence-corrected chi connectivity index (χ1v) is 10.8. The molecule has 0 radical (unpaired) electrons. The van der Waals surface area contributed by atoms with E-state index in [1.165, 1.54) is 11.3 Å². The third kappa shape index (κ3) is 3.98. The van der Waals surface area contributed by atoms with Gasteiger partial charge in [-0.05, 0) is 60.1 Å². The zero-order valence-electron chi connectivity index (χ0n) is 17.7. The van der Waals surface area contributed by atoms with Crippen LogP contribution in [-0.2, 0) is 11.3 Å². The third-order valence-electron chi connectivity index (χ3n) is 5.64. The molecule has 0 aliphatic carbocycles.